The molecule has 0 saturated heterocycles. The van der Waals surface area contributed by atoms with Crippen LogP contribution in [0.15, 0.2) is 29.4 Å². The van der Waals surface area contributed by atoms with Crippen molar-refractivity contribution in [3.63, 3.8) is 0 Å². The van der Waals surface area contributed by atoms with Crippen molar-refractivity contribution in [1.29, 1.82) is 0 Å². The predicted octanol–water partition coefficient (Wildman–Crippen LogP) is 4.38. The first kappa shape index (κ1) is 15.8. The largest absolute Gasteiger partial charge is 0.303 e. The second kappa shape index (κ2) is 6.67. The quantitative estimate of drug-likeness (QED) is 0.404. The topological polar surface area (TPSA) is 47.8 Å². The summed E-state index contributed by atoms with van der Waals surface area (Å²) in [6.45, 7) is 0. The van der Waals surface area contributed by atoms with Crippen molar-refractivity contribution in [2.45, 2.75) is 55.6 Å². The van der Waals surface area contributed by atoms with Crippen molar-refractivity contribution >= 4 is 17.5 Å². The van der Waals surface area contributed by atoms with Crippen molar-refractivity contribution in [1.82, 2.24) is 14.8 Å². The third kappa shape index (κ3) is 3.53. The van der Waals surface area contributed by atoms with Crippen LogP contribution < -0.4 is 0 Å². The van der Waals surface area contributed by atoms with Crippen LogP contribution in [0, 0.1) is 5.82 Å². The number of rotatable bonds is 8. The van der Waals surface area contributed by atoms with Crippen LogP contribution in [0.25, 0.3) is 0 Å². The van der Waals surface area contributed by atoms with E-state index in [1.807, 2.05) is 0 Å². The Balaban J connectivity index is 1.30. The number of thioether (sulfide) groups is 1. The van der Waals surface area contributed by atoms with Crippen LogP contribution in [0.4, 0.5) is 4.39 Å². The lowest BCUT2D eigenvalue weighted by atomic mass is 10.1. The number of carbonyl (C=O) groups excluding carboxylic acids is 1. The smallest absolute Gasteiger partial charge is 0.191 e. The Morgan fingerprint density at radius 3 is 2.58 bits per heavy atom. The van der Waals surface area contributed by atoms with E-state index in [1.54, 1.807) is 23.9 Å². The zero-order valence-electron chi connectivity index (χ0n) is 13.4. The molecule has 0 N–H and O–H groups in total. The summed E-state index contributed by atoms with van der Waals surface area (Å²) < 4.78 is 15.2. The fourth-order valence-corrected chi connectivity index (χ4v) is 3.81. The van der Waals surface area contributed by atoms with Gasteiger partial charge in [0.2, 0.25) is 0 Å². The van der Waals surface area contributed by atoms with E-state index in [0.717, 1.165) is 17.3 Å². The van der Waals surface area contributed by atoms with E-state index < -0.39 is 0 Å². The molecule has 1 heterocycles. The summed E-state index contributed by atoms with van der Waals surface area (Å²) in [5.74, 6) is 2.39. The number of hydrogen-bond acceptors (Lipinski definition) is 4. The molecule has 0 radical (unpaired) electrons. The standard InChI is InChI=1S/C18H20FN3OS/c19-14-7-5-12(6-8-14)16(23)2-1-11-24-18-21-20-17(13-3-4-13)22(18)15-9-10-15/h5-8,13,15H,1-4,9-11H2. The van der Waals surface area contributed by atoms with Gasteiger partial charge in [-0.05, 0) is 56.4 Å². The summed E-state index contributed by atoms with van der Waals surface area (Å²) in [7, 11) is 0. The summed E-state index contributed by atoms with van der Waals surface area (Å²) in [5.41, 5.74) is 0.582. The summed E-state index contributed by atoms with van der Waals surface area (Å²) in [5, 5.41) is 9.78. The molecule has 1 aromatic carbocycles. The van der Waals surface area contributed by atoms with Crippen LogP contribution >= 0.6 is 11.8 Å². The number of benzene rings is 1. The molecule has 0 unspecified atom stereocenters. The minimum absolute atomic E-state index is 0.0675. The maximum Gasteiger partial charge on any atom is 0.191 e. The van der Waals surface area contributed by atoms with Gasteiger partial charge in [0.05, 0.1) is 0 Å². The molecule has 2 aliphatic carbocycles. The number of carbonyl (C=O) groups is 1. The highest BCUT2D eigenvalue weighted by molar-refractivity contribution is 7.99. The van der Waals surface area contributed by atoms with Crippen LogP contribution in [0.5, 0.6) is 0 Å². The van der Waals surface area contributed by atoms with Crippen LogP contribution in [-0.2, 0) is 0 Å². The molecule has 6 heteroatoms. The van der Waals surface area contributed by atoms with Gasteiger partial charge in [0, 0.05) is 29.7 Å². The first-order chi connectivity index (χ1) is 11.7. The van der Waals surface area contributed by atoms with E-state index in [0.29, 0.717) is 23.9 Å². The molecule has 0 atom stereocenters. The van der Waals surface area contributed by atoms with E-state index in [9.17, 15) is 9.18 Å². The Morgan fingerprint density at radius 2 is 1.92 bits per heavy atom. The fraction of sp³-hybridized carbons (Fsp3) is 0.500. The lowest BCUT2D eigenvalue weighted by molar-refractivity contribution is 0.0982. The molecule has 4 nitrogen and oxygen atoms in total. The van der Waals surface area contributed by atoms with Crippen molar-refractivity contribution < 1.29 is 9.18 Å². The second-order valence-electron chi connectivity index (χ2n) is 6.60. The lowest BCUT2D eigenvalue weighted by Crippen LogP contribution is -2.03. The Hall–Kier alpha value is -1.69. The van der Waals surface area contributed by atoms with Crippen molar-refractivity contribution in [2.75, 3.05) is 5.75 Å². The Morgan fingerprint density at radius 1 is 1.17 bits per heavy atom. The van der Waals surface area contributed by atoms with Gasteiger partial charge in [-0.1, -0.05) is 11.8 Å². The molecule has 2 fully saturated rings. The van der Waals surface area contributed by atoms with Gasteiger partial charge in [0.15, 0.2) is 10.9 Å². The number of halogens is 1. The minimum atomic E-state index is -0.312. The number of Topliss-reactive ketones (excluding diaryl/α,β-unsaturated/α-hetero) is 1. The highest BCUT2D eigenvalue weighted by Gasteiger charge is 2.36. The lowest BCUT2D eigenvalue weighted by Gasteiger charge is -2.07. The number of ketones is 1. The molecule has 2 aliphatic rings. The third-order valence-corrected chi connectivity index (χ3v) is 5.52. The van der Waals surface area contributed by atoms with Gasteiger partial charge in [-0.2, -0.15) is 0 Å². The van der Waals surface area contributed by atoms with Gasteiger partial charge in [-0.15, -0.1) is 10.2 Å². The molecular formula is C18H20FN3OS. The summed E-state index contributed by atoms with van der Waals surface area (Å²) in [6.07, 6.45) is 6.20. The molecule has 0 spiro atoms. The molecule has 1 aromatic heterocycles. The summed E-state index contributed by atoms with van der Waals surface area (Å²) >= 11 is 1.70. The van der Waals surface area contributed by atoms with Crippen molar-refractivity contribution in [3.05, 3.63) is 41.5 Å². The Labute approximate surface area is 144 Å². The molecule has 2 aromatic rings. The average Bonchev–Trinajstić information content (AvgIpc) is 3.51. The Kier molecular flexibility index (Phi) is 4.39. The molecule has 0 bridgehead atoms. The van der Waals surface area contributed by atoms with E-state index >= 15 is 0 Å². The molecule has 0 aliphatic heterocycles. The third-order valence-electron chi connectivity index (χ3n) is 4.49. The fourth-order valence-electron chi connectivity index (χ4n) is 2.86. The average molecular weight is 345 g/mol. The number of hydrogen-bond donors (Lipinski definition) is 0. The zero-order valence-corrected chi connectivity index (χ0v) is 14.3. The van der Waals surface area contributed by atoms with Crippen LogP contribution in [0.2, 0.25) is 0 Å². The first-order valence-corrected chi connectivity index (χ1v) is 9.57. The zero-order chi connectivity index (χ0) is 16.5. The van der Waals surface area contributed by atoms with Gasteiger partial charge in [0.25, 0.3) is 0 Å². The van der Waals surface area contributed by atoms with Gasteiger partial charge in [0.1, 0.15) is 11.6 Å². The van der Waals surface area contributed by atoms with Gasteiger partial charge < -0.3 is 4.57 Å². The monoisotopic (exact) mass is 345 g/mol. The molecule has 24 heavy (non-hydrogen) atoms. The van der Waals surface area contributed by atoms with E-state index in [4.69, 9.17) is 0 Å². The van der Waals surface area contributed by atoms with Crippen molar-refractivity contribution in [3.8, 4) is 0 Å². The molecule has 4 rings (SSSR count). The first-order valence-electron chi connectivity index (χ1n) is 8.59. The highest BCUT2D eigenvalue weighted by Crippen LogP contribution is 2.46. The number of nitrogens with zero attached hydrogens (tertiary/aromatic N) is 3. The van der Waals surface area contributed by atoms with Crippen LogP contribution in [0.3, 0.4) is 0 Å². The Bertz CT molecular complexity index is 735. The SMILES string of the molecule is O=C(CCCSc1nnc(C2CC2)n1C1CC1)c1ccc(F)cc1. The normalized spacial score (nSPS) is 17.2. The van der Waals surface area contributed by atoms with Crippen LogP contribution in [-0.4, -0.2) is 26.3 Å². The van der Waals surface area contributed by atoms with E-state index in [1.165, 1.54) is 43.6 Å². The van der Waals surface area contributed by atoms with Crippen molar-refractivity contribution in [2.24, 2.45) is 0 Å². The summed E-state index contributed by atoms with van der Waals surface area (Å²) in [6, 6.07) is 6.37. The van der Waals surface area contributed by atoms with Gasteiger partial charge in [-0.3, -0.25) is 4.79 Å². The minimum Gasteiger partial charge on any atom is -0.303 e. The predicted molar refractivity (Wildman–Crippen MR) is 91.0 cm³/mol. The number of aromatic nitrogens is 3. The van der Waals surface area contributed by atoms with E-state index in [-0.39, 0.29) is 11.6 Å². The molecule has 2 saturated carbocycles. The second-order valence-corrected chi connectivity index (χ2v) is 7.66. The van der Waals surface area contributed by atoms with E-state index in [2.05, 4.69) is 14.8 Å². The molecule has 126 valence electrons. The van der Waals surface area contributed by atoms with Crippen LogP contribution in [0.1, 0.15) is 66.7 Å². The summed E-state index contributed by atoms with van der Waals surface area (Å²) in [4.78, 5) is 12.1. The van der Waals surface area contributed by atoms with Gasteiger partial charge in [-0.25, -0.2) is 4.39 Å². The maximum absolute atomic E-state index is 12.9. The van der Waals surface area contributed by atoms with Gasteiger partial charge >= 0.3 is 0 Å². The highest BCUT2D eigenvalue weighted by atomic mass is 32.2. The molecule has 0 amide bonds. The maximum atomic E-state index is 12.9. The molecular weight excluding hydrogens is 325 g/mol.